The van der Waals surface area contributed by atoms with Crippen LogP contribution in [0.5, 0.6) is 5.75 Å². The molecule has 34 heavy (non-hydrogen) atoms. The lowest BCUT2D eigenvalue weighted by Gasteiger charge is -2.59. The quantitative estimate of drug-likeness (QED) is 0.543. The molecule has 1 atom stereocenters. The zero-order valence-corrected chi connectivity index (χ0v) is 21.5. The van der Waals surface area contributed by atoms with Crippen LogP contribution < -0.4 is 9.64 Å². The summed E-state index contributed by atoms with van der Waals surface area (Å²) in [5.41, 5.74) is 1.31. The predicted molar refractivity (Wildman–Crippen MR) is 140 cm³/mol. The Morgan fingerprint density at radius 2 is 1.59 bits per heavy atom. The molecule has 0 heterocycles. The molecule has 0 amide bonds. The Hall–Kier alpha value is -1.78. The molecule has 4 aliphatic carbocycles. The van der Waals surface area contributed by atoms with Gasteiger partial charge < -0.3 is 19.8 Å². The van der Waals surface area contributed by atoms with Gasteiger partial charge in [0.15, 0.2) is 0 Å². The fourth-order valence-corrected chi connectivity index (χ4v) is 7.07. The summed E-state index contributed by atoms with van der Waals surface area (Å²) < 4.78 is 6.41. The largest absolute Gasteiger partial charge is 0.490 e. The highest BCUT2D eigenvalue weighted by Crippen LogP contribution is 2.55. The van der Waals surface area contributed by atoms with Crippen LogP contribution in [-0.4, -0.2) is 41.6 Å². The minimum atomic E-state index is -0.416. The minimum Gasteiger partial charge on any atom is -0.490 e. The monoisotopic (exact) mass is 465 g/mol. The molecule has 0 spiro atoms. The van der Waals surface area contributed by atoms with Gasteiger partial charge in [-0.2, -0.15) is 0 Å². The van der Waals surface area contributed by atoms with Gasteiger partial charge in [-0.05, 0) is 104 Å². The van der Waals surface area contributed by atoms with Gasteiger partial charge in [-0.1, -0.05) is 32.9 Å². The lowest BCUT2D eigenvalue weighted by molar-refractivity contribution is -0.110. The van der Waals surface area contributed by atoms with Crippen LogP contribution in [0, 0.1) is 16.7 Å². The Kier molecular flexibility index (Phi) is 6.13. The van der Waals surface area contributed by atoms with Gasteiger partial charge in [0.1, 0.15) is 5.75 Å². The maximum absolute atomic E-state index is 10.8. The first kappa shape index (κ1) is 23.9. The highest BCUT2D eigenvalue weighted by Gasteiger charge is 2.55. The number of ether oxygens (including phenoxy) is 1. The van der Waals surface area contributed by atoms with E-state index >= 15 is 0 Å². The summed E-state index contributed by atoms with van der Waals surface area (Å²) in [6.07, 6.45) is 9.34. The molecule has 4 heteroatoms. The topological polar surface area (TPSA) is 52.9 Å². The number of hydrogen-bond acceptors (Lipinski definition) is 4. The molecule has 4 saturated carbocycles. The summed E-state index contributed by atoms with van der Waals surface area (Å²) in [6.45, 7) is 7.19. The van der Waals surface area contributed by atoms with E-state index in [2.05, 4.69) is 69.1 Å². The van der Waals surface area contributed by atoms with E-state index in [4.69, 9.17) is 4.74 Å². The first-order chi connectivity index (χ1) is 16.1. The number of rotatable bonds is 5. The second-order valence-corrected chi connectivity index (χ2v) is 12.7. The molecule has 0 saturated heterocycles. The van der Waals surface area contributed by atoms with Crippen LogP contribution in [-0.2, 0) is 0 Å². The smallest absolute Gasteiger partial charge is 0.120 e. The summed E-state index contributed by atoms with van der Waals surface area (Å²) in [6, 6.07) is 13.2. The van der Waals surface area contributed by atoms with Crippen molar-refractivity contribution in [3.63, 3.8) is 0 Å². The molecule has 2 bridgehead atoms. The zero-order valence-electron chi connectivity index (χ0n) is 21.5. The van der Waals surface area contributed by atoms with Gasteiger partial charge in [-0.25, -0.2) is 0 Å². The first-order valence-corrected chi connectivity index (χ1v) is 13.4. The third-order valence-electron chi connectivity index (χ3n) is 9.87. The standard InChI is InChI=1S/C30H43NO3/c1-28(2,3)23-7-11-25(12-8-23)34-26-10-6-21-17-24(9-5-22(21)18-26)31(4)30-15-13-29(20-32,14-16-30)27(33)19-30/h5-6,9-10,17-18,23,25,27,32-33H,7-8,11-16,19-20H2,1-4H3. The van der Waals surface area contributed by atoms with Crippen molar-refractivity contribution in [2.24, 2.45) is 16.7 Å². The molecule has 0 radical (unpaired) electrons. The summed E-state index contributed by atoms with van der Waals surface area (Å²) in [7, 11) is 2.18. The minimum absolute atomic E-state index is 0.0149. The van der Waals surface area contributed by atoms with Crippen LogP contribution in [0.1, 0.15) is 78.6 Å². The van der Waals surface area contributed by atoms with Crippen molar-refractivity contribution < 1.29 is 14.9 Å². The van der Waals surface area contributed by atoms with Crippen LogP contribution in [0.3, 0.4) is 0 Å². The van der Waals surface area contributed by atoms with Crippen molar-refractivity contribution in [2.45, 2.75) is 96.3 Å². The number of fused-ring (bicyclic) bond motifs is 4. The Bertz CT molecular complexity index is 1010. The molecule has 4 fully saturated rings. The van der Waals surface area contributed by atoms with Crippen molar-refractivity contribution >= 4 is 16.5 Å². The van der Waals surface area contributed by atoms with E-state index in [1.165, 1.54) is 29.3 Å². The number of hydrogen-bond donors (Lipinski definition) is 2. The van der Waals surface area contributed by atoms with Crippen molar-refractivity contribution in [3.8, 4) is 5.75 Å². The number of benzene rings is 2. The van der Waals surface area contributed by atoms with Crippen LogP contribution in [0.25, 0.3) is 10.8 Å². The number of nitrogens with zero attached hydrogens (tertiary/aromatic N) is 1. The Balaban J connectivity index is 1.28. The van der Waals surface area contributed by atoms with Crippen LogP contribution in [0.15, 0.2) is 36.4 Å². The molecule has 2 aromatic carbocycles. The fraction of sp³-hybridized carbons (Fsp3) is 0.667. The normalized spacial score (nSPS) is 33.8. The Morgan fingerprint density at radius 3 is 2.21 bits per heavy atom. The Labute approximate surface area is 205 Å². The maximum atomic E-state index is 10.8. The van der Waals surface area contributed by atoms with Gasteiger partial charge in [0.05, 0.1) is 18.8 Å². The van der Waals surface area contributed by atoms with Crippen molar-refractivity contribution in [3.05, 3.63) is 36.4 Å². The average molecular weight is 466 g/mol. The molecule has 6 rings (SSSR count). The van der Waals surface area contributed by atoms with E-state index in [0.717, 1.165) is 56.6 Å². The molecular weight excluding hydrogens is 422 g/mol. The molecule has 4 nitrogen and oxygen atoms in total. The van der Waals surface area contributed by atoms with Gasteiger partial charge in [0, 0.05) is 23.7 Å². The van der Waals surface area contributed by atoms with E-state index < -0.39 is 6.10 Å². The van der Waals surface area contributed by atoms with Gasteiger partial charge in [-0.15, -0.1) is 0 Å². The van der Waals surface area contributed by atoms with Crippen molar-refractivity contribution in [1.82, 2.24) is 0 Å². The van der Waals surface area contributed by atoms with Gasteiger partial charge in [-0.3, -0.25) is 0 Å². The maximum Gasteiger partial charge on any atom is 0.120 e. The summed E-state index contributed by atoms with van der Waals surface area (Å²) in [5, 5.41) is 23.1. The molecule has 0 aromatic heterocycles. The molecule has 2 N–H and O–H groups in total. The summed E-state index contributed by atoms with van der Waals surface area (Å²) in [5.74, 6) is 1.78. The number of aliphatic hydroxyl groups excluding tert-OH is 2. The SMILES string of the molecule is CN(c1ccc2cc(OC3CCC(C(C)(C)C)CC3)ccc2c1)C12CCC(CO)(CC1)C(O)C2. The summed E-state index contributed by atoms with van der Waals surface area (Å²) >= 11 is 0. The fourth-order valence-electron chi connectivity index (χ4n) is 7.07. The molecule has 2 aromatic rings. The molecule has 0 aliphatic heterocycles. The van der Waals surface area contributed by atoms with Gasteiger partial charge in [0.25, 0.3) is 0 Å². The van der Waals surface area contributed by atoms with E-state index in [9.17, 15) is 10.2 Å². The lowest BCUT2D eigenvalue weighted by Crippen LogP contribution is -2.62. The lowest BCUT2D eigenvalue weighted by atomic mass is 9.55. The second kappa shape index (κ2) is 8.71. The molecule has 1 unspecified atom stereocenters. The number of aliphatic hydroxyl groups is 2. The van der Waals surface area contributed by atoms with E-state index in [0.29, 0.717) is 11.5 Å². The van der Waals surface area contributed by atoms with Crippen molar-refractivity contribution in [2.75, 3.05) is 18.6 Å². The van der Waals surface area contributed by atoms with Gasteiger partial charge >= 0.3 is 0 Å². The molecular formula is C30H43NO3. The number of anilines is 1. The van der Waals surface area contributed by atoms with Gasteiger partial charge in [0.2, 0.25) is 0 Å². The molecule has 4 aliphatic rings. The third kappa shape index (κ3) is 4.22. The highest BCUT2D eigenvalue weighted by atomic mass is 16.5. The van der Waals surface area contributed by atoms with Crippen LogP contribution >= 0.6 is 0 Å². The van der Waals surface area contributed by atoms with Crippen LogP contribution in [0.4, 0.5) is 5.69 Å². The Morgan fingerprint density at radius 1 is 0.941 bits per heavy atom. The average Bonchev–Trinajstić information content (AvgIpc) is 2.84. The second-order valence-electron chi connectivity index (χ2n) is 12.7. The highest BCUT2D eigenvalue weighted by molar-refractivity contribution is 5.87. The van der Waals surface area contributed by atoms with Crippen molar-refractivity contribution in [1.29, 1.82) is 0 Å². The zero-order chi connectivity index (χ0) is 24.1. The van der Waals surface area contributed by atoms with E-state index in [-0.39, 0.29) is 17.6 Å². The van der Waals surface area contributed by atoms with Crippen LogP contribution in [0.2, 0.25) is 0 Å². The first-order valence-electron chi connectivity index (χ1n) is 13.4. The molecule has 186 valence electrons. The summed E-state index contributed by atoms with van der Waals surface area (Å²) in [4.78, 5) is 2.40. The third-order valence-corrected chi connectivity index (χ3v) is 9.87. The van der Waals surface area contributed by atoms with E-state index in [1.54, 1.807) is 0 Å². The van der Waals surface area contributed by atoms with E-state index in [1.807, 2.05) is 0 Å². The predicted octanol–water partition coefficient (Wildman–Crippen LogP) is 6.32.